The van der Waals surface area contributed by atoms with Gasteiger partial charge in [-0.2, -0.15) is 0 Å². The van der Waals surface area contributed by atoms with E-state index in [1.165, 1.54) is 32.4 Å². The van der Waals surface area contributed by atoms with Crippen LogP contribution in [0.15, 0.2) is 18.2 Å². The lowest BCUT2D eigenvalue weighted by atomic mass is 9.93. The molecule has 1 aliphatic rings. The monoisotopic (exact) mass is 346 g/mol. The van der Waals surface area contributed by atoms with Crippen LogP contribution in [0, 0.1) is 6.92 Å². The van der Waals surface area contributed by atoms with Crippen LogP contribution in [0.3, 0.4) is 0 Å². The van der Waals surface area contributed by atoms with Crippen molar-refractivity contribution < 1.29 is 34.3 Å². The van der Waals surface area contributed by atoms with Gasteiger partial charge >= 0.3 is 0 Å². The Labute approximate surface area is 144 Å². The fourth-order valence-corrected chi connectivity index (χ4v) is 2.96. The fourth-order valence-electron chi connectivity index (χ4n) is 2.96. The number of ketones is 1. The number of aromatic hydroxyl groups is 3. The van der Waals surface area contributed by atoms with Gasteiger partial charge in [0.05, 0.1) is 20.6 Å². The third-order valence-electron chi connectivity index (χ3n) is 4.26. The van der Waals surface area contributed by atoms with Gasteiger partial charge in [-0.05, 0) is 19.1 Å². The molecular weight excluding hydrogens is 328 g/mol. The van der Waals surface area contributed by atoms with Gasteiger partial charge in [0, 0.05) is 17.2 Å². The molecule has 7 nitrogen and oxygen atoms in total. The van der Waals surface area contributed by atoms with Crippen molar-refractivity contribution in [1.29, 1.82) is 0 Å². The molecule has 0 radical (unpaired) electrons. The topological polar surface area (TPSA) is 105 Å². The zero-order chi connectivity index (χ0) is 18.3. The molecule has 0 aliphatic carbocycles. The number of Topliss-reactive ketones (excluding diaryl/α,β-unsaturated/α-hetero) is 1. The highest BCUT2D eigenvalue weighted by atomic mass is 16.5. The largest absolute Gasteiger partial charge is 0.507 e. The molecule has 0 unspecified atom stereocenters. The van der Waals surface area contributed by atoms with Crippen molar-refractivity contribution in [2.75, 3.05) is 14.2 Å². The van der Waals surface area contributed by atoms with Crippen LogP contribution >= 0.6 is 0 Å². The standard InChI is InChI=1S/C18H18O7/c1-8-13(23-2)7-15-16(17(8)22)10(19)6-14(25-15)9-4-11(20)18(24-3)12(21)5-9/h4-5,7,14,20-22H,6H2,1-3H3/t14-/m0/s1. The van der Waals surface area contributed by atoms with Crippen LogP contribution < -0.4 is 14.2 Å². The van der Waals surface area contributed by atoms with Gasteiger partial charge in [-0.3, -0.25) is 4.79 Å². The number of fused-ring (bicyclic) bond motifs is 1. The molecular formula is C18H18O7. The highest BCUT2D eigenvalue weighted by Gasteiger charge is 2.33. The van der Waals surface area contributed by atoms with E-state index in [4.69, 9.17) is 14.2 Å². The lowest BCUT2D eigenvalue weighted by molar-refractivity contribution is 0.0843. The first kappa shape index (κ1) is 16.8. The second kappa shape index (κ2) is 6.08. The quantitative estimate of drug-likeness (QED) is 0.785. The van der Waals surface area contributed by atoms with E-state index in [9.17, 15) is 20.1 Å². The third-order valence-corrected chi connectivity index (χ3v) is 4.26. The molecule has 0 saturated carbocycles. The number of phenolic OH excluding ortho intramolecular Hbond substituents is 3. The summed E-state index contributed by atoms with van der Waals surface area (Å²) in [5, 5.41) is 30.1. The van der Waals surface area contributed by atoms with Crippen molar-refractivity contribution >= 4 is 5.78 Å². The number of rotatable bonds is 3. The molecule has 0 fully saturated rings. The first-order valence-corrected chi connectivity index (χ1v) is 7.57. The first-order chi connectivity index (χ1) is 11.9. The molecule has 0 amide bonds. The van der Waals surface area contributed by atoms with Crippen molar-refractivity contribution in [3.8, 4) is 34.5 Å². The number of phenols is 3. The highest BCUT2D eigenvalue weighted by molar-refractivity contribution is 6.03. The summed E-state index contributed by atoms with van der Waals surface area (Å²) >= 11 is 0. The van der Waals surface area contributed by atoms with E-state index < -0.39 is 6.10 Å². The summed E-state index contributed by atoms with van der Waals surface area (Å²) < 4.78 is 15.9. The number of carbonyl (C=O) groups excluding carboxylic acids is 1. The van der Waals surface area contributed by atoms with Crippen LogP contribution in [0.4, 0.5) is 0 Å². The van der Waals surface area contributed by atoms with Crippen LogP contribution in [0.2, 0.25) is 0 Å². The van der Waals surface area contributed by atoms with E-state index in [1.807, 2.05) is 0 Å². The number of ether oxygens (including phenoxy) is 3. The molecule has 1 heterocycles. The maximum absolute atomic E-state index is 12.5. The Hall–Kier alpha value is -3.09. The summed E-state index contributed by atoms with van der Waals surface area (Å²) in [5.41, 5.74) is 0.974. The van der Waals surface area contributed by atoms with E-state index >= 15 is 0 Å². The molecule has 2 aromatic carbocycles. The summed E-state index contributed by atoms with van der Waals surface area (Å²) in [6.45, 7) is 1.65. The normalized spacial score (nSPS) is 16.1. The van der Waals surface area contributed by atoms with E-state index in [0.717, 1.165) is 0 Å². The Kier molecular flexibility index (Phi) is 4.08. The predicted molar refractivity (Wildman–Crippen MR) is 88.0 cm³/mol. The van der Waals surface area contributed by atoms with Gasteiger partial charge in [0.15, 0.2) is 17.3 Å². The average molecular weight is 346 g/mol. The Bertz CT molecular complexity index is 834. The lowest BCUT2D eigenvalue weighted by Crippen LogP contribution is -2.21. The fraction of sp³-hybridized carbons (Fsp3) is 0.278. The number of hydrogen-bond donors (Lipinski definition) is 3. The van der Waals surface area contributed by atoms with Gasteiger partial charge in [0.1, 0.15) is 28.9 Å². The van der Waals surface area contributed by atoms with Crippen molar-refractivity contribution in [3.05, 3.63) is 34.9 Å². The summed E-state index contributed by atoms with van der Waals surface area (Å²) in [7, 11) is 2.78. The van der Waals surface area contributed by atoms with Gasteiger partial charge in [-0.25, -0.2) is 0 Å². The number of benzene rings is 2. The molecule has 2 aromatic rings. The minimum Gasteiger partial charge on any atom is -0.507 e. The Morgan fingerprint density at radius 1 is 1.08 bits per heavy atom. The second-order valence-corrected chi connectivity index (χ2v) is 5.75. The van der Waals surface area contributed by atoms with Crippen molar-refractivity contribution in [2.24, 2.45) is 0 Å². The summed E-state index contributed by atoms with van der Waals surface area (Å²) in [4.78, 5) is 12.5. The first-order valence-electron chi connectivity index (χ1n) is 7.57. The molecule has 1 aliphatic heterocycles. The van der Waals surface area contributed by atoms with Gasteiger partial charge < -0.3 is 29.5 Å². The van der Waals surface area contributed by atoms with Gasteiger partial charge in [0.25, 0.3) is 0 Å². The minimum absolute atomic E-state index is 0.0441. The summed E-state index contributed by atoms with van der Waals surface area (Å²) in [6.07, 6.45) is -0.771. The van der Waals surface area contributed by atoms with E-state index in [0.29, 0.717) is 16.9 Å². The molecule has 3 N–H and O–H groups in total. The lowest BCUT2D eigenvalue weighted by Gasteiger charge is -2.27. The highest BCUT2D eigenvalue weighted by Crippen LogP contribution is 2.46. The summed E-state index contributed by atoms with van der Waals surface area (Å²) in [6, 6.07) is 4.28. The SMILES string of the molecule is COc1cc2c(c(O)c1C)C(=O)C[C@@H](c1cc(O)c(OC)c(O)c1)O2. The Morgan fingerprint density at radius 2 is 1.72 bits per heavy atom. The molecule has 25 heavy (non-hydrogen) atoms. The van der Waals surface area contributed by atoms with E-state index in [2.05, 4.69) is 0 Å². The van der Waals surface area contributed by atoms with Crippen LogP contribution in [0.25, 0.3) is 0 Å². The van der Waals surface area contributed by atoms with E-state index in [-0.39, 0.29) is 46.5 Å². The zero-order valence-corrected chi connectivity index (χ0v) is 14.0. The zero-order valence-electron chi connectivity index (χ0n) is 14.0. The van der Waals surface area contributed by atoms with E-state index in [1.54, 1.807) is 6.92 Å². The van der Waals surface area contributed by atoms with Crippen molar-refractivity contribution in [3.63, 3.8) is 0 Å². The number of methoxy groups -OCH3 is 2. The third kappa shape index (κ3) is 2.67. The smallest absolute Gasteiger partial charge is 0.202 e. The molecule has 1 atom stereocenters. The van der Waals surface area contributed by atoms with Crippen LogP contribution in [0.5, 0.6) is 34.5 Å². The van der Waals surface area contributed by atoms with Crippen LogP contribution in [-0.2, 0) is 0 Å². The molecule has 3 rings (SSSR count). The molecule has 0 saturated heterocycles. The van der Waals surface area contributed by atoms with Gasteiger partial charge in [0.2, 0.25) is 5.75 Å². The maximum atomic E-state index is 12.5. The van der Waals surface area contributed by atoms with Crippen molar-refractivity contribution in [2.45, 2.75) is 19.4 Å². The molecule has 0 spiro atoms. The van der Waals surface area contributed by atoms with Gasteiger partial charge in [-0.1, -0.05) is 0 Å². The Morgan fingerprint density at radius 3 is 2.28 bits per heavy atom. The molecule has 7 heteroatoms. The van der Waals surface area contributed by atoms with Crippen LogP contribution in [0.1, 0.15) is 34.0 Å². The molecule has 0 bridgehead atoms. The van der Waals surface area contributed by atoms with Crippen molar-refractivity contribution in [1.82, 2.24) is 0 Å². The molecule has 0 aromatic heterocycles. The average Bonchev–Trinajstić information content (AvgIpc) is 2.57. The summed E-state index contributed by atoms with van der Waals surface area (Å²) in [5.74, 6) is -0.461. The second-order valence-electron chi connectivity index (χ2n) is 5.75. The van der Waals surface area contributed by atoms with Crippen LogP contribution in [-0.4, -0.2) is 35.3 Å². The van der Waals surface area contributed by atoms with Gasteiger partial charge in [-0.15, -0.1) is 0 Å². The Balaban J connectivity index is 2.05. The number of carbonyl (C=O) groups is 1. The predicted octanol–water partition coefficient (Wildman–Crippen LogP) is 2.84. The maximum Gasteiger partial charge on any atom is 0.202 e. The number of hydrogen-bond acceptors (Lipinski definition) is 7. The minimum atomic E-state index is -0.727. The molecule has 132 valence electrons.